The van der Waals surface area contributed by atoms with Crippen LogP contribution in [-0.2, 0) is 9.53 Å². The van der Waals surface area contributed by atoms with Crippen molar-refractivity contribution >= 4 is 5.97 Å². The average molecular weight is 554 g/mol. The fourth-order valence-corrected chi connectivity index (χ4v) is 11.2. The SMILES string of the molecule is CC(C)CCCC(C)C1CCC2C3CC=C4CC(OC(=O)CCN5CC(C)CC(C)C5)CCC4(C)C3CCC12C. The molecule has 1 saturated heterocycles. The zero-order valence-electron chi connectivity index (χ0n) is 27.4. The number of likely N-dealkylation sites (tertiary alicyclic amines) is 1. The first-order chi connectivity index (χ1) is 19.0. The Morgan fingerprint density at radius 3 is 2.48 bits per heavy atom. The molecule has 40 heavy (non-hydrogen) atoms. The largest absolute Gasteiger partial charge is 0.462 e. The van der Waals surface area contributed by atoms with Gasteiger partial charge in [0.15, 0.2) is 0 Å². The molecule has 0 amide bonds. The van der Waals surface area contributed by atoms with Gasteiger partial charge in [-0.05, 0) is 110 Å². The van der Waals surface area contributed by atoms with E-state index in [0.29, 0.717) is 17.3 Å². The Hall–Kier alpha value is -0.830. The standard InChI is InChI=1S/C37H63NO2/c1-25(2)9-8-10-28(5)32-13-14-33-31-12-11-29-22-30(15-18-36(29,6)34(31)16-19-37(32,33)7)40-35(39)17-20-38-23-26(3)21-27(4)24-38/h11,25-28,30-34H,8-10,12-24H2,1-7H3. The number of allylic oxidation sites excluding steroid dienone is 1. The van der Waals surface area contributed by atoms with Crippen LogP contribution in [0, 0.1) is 58.2 Å². The average Bonchev–Trinajstić information content (AvgIpc) is 3.24. The Bertz CT molecular complexity index is 900. The summed E-state index contributed by atoms with van der Waals surface area (Å²) in [5.74, 6) is 6.76. The molecule has 0 aromatic rings. The number of rotatable bonds is 9. The van der Waals surface area contributed by atoms with Gasteiger partial charge in [-0.3, -0.25) is 4.79 Å². The summed E-state index contributed by atoms with van der Waals surface area (Å²) in [5, 5.41) is 0. The number of nitrogens with zero attached hydrogens (tertiary/aromatic N) is 1. The third-order valence-electron chi connectivity index (χ3n) is 13.1. The number of ether oxygens (including phenoxy) is 1. The van der Waals surface area contributed by atoms with Crippen molar-refractivity contribution in [1.82, 2.24) is 4.90 Å². The van der Waals surface area contributed by atoms with E-state index in [1.54, 1.807) is 5.57 Å². The molecule has 0 aromatic heterocycles. The van der Waals surface area contributed by atoms with Crippen molar-refractivity contribution in [3.8, 4) is 0 Å². The molecular weight excluding hydrogens is 490 g/mol. The molecule has 0 radical (unpaired) electrons. The predicted molar refractivity (Wildman–Crippen MR) is 167 cm³/mol. The van der Waals surface area contributed by atoms with Gasteiger partial charge in [-0.25, -0.2) is 0 Å². The first-order valence-corrected chi connectivity index (χ1v) is 17.6. The van der Waals surface area contributed by atoms with Gasteiger partial charge in [-0.1, -0.05) is 79.4 Å². The van der Waals surface area contributed by atoms with Crippen LogP contribution in [0.5, 0.6) is 0 Å². The van der Waals surface area contributed by atoms with Gasteiger partial charge in [0.2, 0.25) is 0 Å². The number of piperidine rings is 1. The molecule has 1 heterocycles. The Morgan fingerprint density at radius 1 is 1.00 bits per heavy atom. The normalized spacial score (nSPS) is 42.5. The first-order valence-electron chi connectivity index (χ1n) is 17.6. The summed E-state index contributed by atoms with van der Waals surface area (Å²) in [6.45, 7) is 20.4. The molecule has 10 unspecified atom stereocenters. The summed E-state index contributed by atoms with van der Waals surface area (Å²) < 4.78 is 6.13. The van der Waals surface area contributed by atoms with Crippen LogP contribution in [-0.4, -0.2) is 36.6 Å². The summed E-state index contributed by atoms with van der Waals surface area (Å²) in [4.78, 5) is 15.3. The van der Waals surface area contributed by atoms with E-state index in [-0.39, 0.29) is 12.1 Å². The molecule has 4 fully saturated rings. The van der Waals surface area contributed by atoms with Gasteiger partial charge in [0.1, 0.15) is 6.10 Å². The van der Waals surface area contributed by atoms with Crippen molar-refractivity contribution in [3.05, 3.63) is 11.6 Å². The van der Waals surface area contributed by atoms with Gasteiger partial charge in [-0.15, -0.1) is 0 Å². The van der Waals surface area contributed by atoms with Gasteiger partial charge in [0.25, 0.3) is 0 Å². The van der Waals surface area contributed by atoms with Crippen LogP contribution < -0.4 is 0 Å². The van der Waals surface area contributed by atoms with Gasteiger partial charge in [-0.2, -0.15) is 0 Å². The molecule has 0 spiro atoms. The number of hydrogen-bond donors (Lipinski definition) is 0. The smallest absolute Gasteiger partial charge is 0.307 e. The molecule has 3 saturated carbocycles. The molecule has 228 valence electrons. The highest BCUT2D eigenvalue weighted by atomic mass is 16.5. The fraction of sp³-hybridized carbons (Fsp3) is 0.919. The summed E-state index contributed by atoms with van der Waals surface area (Å²) in [7, 11) is 0. The van der Waals surface area contributed by atoms with Crippen molar-refractivity contribution < 1.29 is 9.53 Å². The highest BCUT2D eigenvalue weighted by Crippen LogP contribution is 2.67. The lowest BCUT2D eigenvalue weighted by Gasteiger charge is -2.58. The van der Waals surface area contributed by atoms with E-state index in [1.165, 1.54) is 64.2 Å². The Labute approximate surface area is 247 Å². The second-order valence-electron chi connectivity index (χ2n) is 16.6. The summed E-state index contributed by atoms with van der Waals surface area (Å²) in [6.07, 6.45) is 19.1. The molecule has 0 N–H and O–H groups in total. The molecule has 3 nitrogen and oxygen atoms in total. The maximum Gasteiger partial charge on any atom is 0.307 e. The number of carbonyl (C=O) groups is 1. The Morgan fingerprint density at radius 2 is 1.75 bits per heavy atom. The maximum absolute atomic E-state index is 12.9. The zero-order chi connectivity index (χ0) is 28.7. The molecule has 1 aliphatic heterocycles. The molecule has 3 heteroatoms. The topological polar surface area (TPSA) is 29.5 Å². The lowest BCUT2D eigenvalue weighted by atomic mass is 9.47. The minimum absolute atomic E-state index is 0.0294. The van der Waals surface area contributed by atoms with Crippen molar-refractivity contribution in [2.75, 3.05) is 19.6 Å². The van der Waals surface area contributed by atoms with E-state index < -0.39 is 0 Å². The third-order valence-corrected chi connectivity index (χ3v) is 13.1. The van der Waals surface area contributed by atoms with Crippen molar-refractivity contribution in [3.63, 3.8) is 0 Å². The molecular formula is C37H63NO2. The molecule has 5 aliphatic rings. The highest BCUT2D eigenvalue weighted by molar-refractivity contribution is 5.69. The summed E-state index contributed by atoms with van der Waals surface area (Å²) >= 11 is 0. The highest BCUT2D eigenvalue weighted by Gasteiger charge is 2.59. The van der Waals surface area contributed by atoms with E-state index in [9.17, 15) is 4.79 Å². The van der Waals surface area contributed by atoms with E-state index in [0.717, 1.165) is 79.8 Å². The van der Waals surface area contributed by atoms with Crippen molar-refractivity contribution in [2.45, 2.75) is 138 Å². The van der Waals surface area contributed by atoms with Gasteiger partial charge >= 0.3 is 5.97 Å². The second kappa shape index (κ2) is 12.4. The lowest BCUT2D eigenvalue weighted by molar-refractivity contribution is -0.152. The van der Waals surface area contributed by atoms with Crippen LogP contribution >= 0.6 is 0 Å². The maximum atomic E-state index is 12.9. The van der Waals surface area contributed by atoms with E-state index >= 15 is 0 Å². The van der Waals surface area contributed by atoms with Crippen LogP contribution in [0.25, 0.3) is 0 Å². The number of esters is 1. The quantitative estimate of drug-likeness (QED) is 0.210. The lowest BCUT2D eigenvalue weighted by Crippen LogP contribution is -2.51. The van der Waals surface area contributed by atoms with Crippen molar-refractivity contribution in [1.29, 1.82) is 0 Å². The second-order valence-corrected chi connectivity index (χ2v) is 16.6. The number of carbonyl (C=O) groups excluding carboxylic acids is 1. The molecule has 0 bridgehead atoms. The third kappa shape index (κ3) is 6.26. The first kappa shape index (κ1) is 30.6. The molecule has 5 rings (SSSR count). The minimum Gasteiger partial charge on any atom is -0.462 e. The van der Waals surface area contributed by atoms with E-state index in [1.807, 2.05) is 0 Å². The fourth-order valence-electron chi connectivity index (χ4n) is 11.2. The van der Waals surface area contributed by atoms with Gasteiger partial charge < -0.3 is 9.64 Å². The summed E-state index contributed by atoms with van der Waals surface area (Å²) in [5.41, 5.74) is 2.52. The monoisotopic (exact) mass is 553 g/mol. The van der Waals surface area contributed by atoms with Crippen LogP contribution in [0.4, 0.5) is 0 Å². The number of hydrogen-bond acceptors (Lipinski definition) is 3. The predicted octanol–water partition coefficient (Wildman–Crippen LogP) is 9.31. The van der Waals surface area contributed by atoms with Gasteiger partial charge in [0, 0.05) is 26.1 Å². The number of fused-ring (bicyclic) bond motifs is 5. The minimum atomic E-state index is 0.0294. The molecule has 10 atom stereocenters. The zero-order valence-corrected chi connectivity index (χ0v) is 27.4. The Balaban J connectivity index is 1.16. The molecule has 0 aromatic carbocycles. The van der Waals surface area contributed by atoms with E-state index in [4.69, 9.17) is 4.74 Å². The Kier molecular flexibility index (Phi) is 9.51. The van der Waals surface area contributed by atoms with Gasteiger partial charge in [0.05, 0.1) is 6.42 Å². The molecule has 4 aliphatic carbocycles. The van der Waals surface area contributed by atoms with Crippen LogP contribution in [0.15, 0.2) is 11.6 Å². The van der Waals surface area contributed by atoms with Crippen LogP contribution in [0.1, 0.15) is 132 Å². The van der Waals surface area contributed by atoms with Crippen molar-refractivity contribution in [2.24, 2.45) is 58.2 Å². The van der Waals surface area contributed by atoms with E-state index in [2.05, 4.69) is 59.4 Å². The van der Waals surface area contributed by atoms with Crippen LogP contribution in [0.2, 0.25) is 0 Å². The van der Waals surface area contributed by atoms with Crippen LogP contribution in [0.3, 0.4) is 0 Å². The summed E-state index contributed by atoms with van der Waals surface area (Å²) in [6, 6.07) is 0.